The lowest BCUT2D eigenvalue weighted by atomic mass is 10.1. The molecule has 0 aliphatic carbocycles. The maximum atomic E-state index is 12.7. The molecule has 4 rings (SSSR count). The minimum atomic E-state index is -0.555. The highest BCUT2D eigenvalue weighted by Gasteiger charge is 2.37. The summed E-state index contributed by atoms with van der Waals surface area (Å²) in [6.45, 7) is 0.223. The normalized spacial score (nSPS) is 15.7. The number of esters is 1. The van der Waals surface area contributed by atoms with Gasteiger partial charge in [-0.2, -0.15) is 0 Å². The zero-order valence-electron chi connectivity index (χ0n) is 17.1. The van der Waals surface area contributed by atoms with Crippen molar-refractivity contribution in [3.63, 3.8) is 0 Å². The van der Waals surface area contributed by atoms with Crippen molar-refractivity contribution >= 4 is 29.2 Å². The van der Waals surface area contributed by atoms with Gasteiger partial charge >= 0.3 is 5.97 Å². The summed E-state index contributed by atoms with van der Waals surface area (Å²) in [5, 5.41) is 0.491. The number of carbonyl (C=O) groups excluding carboxylic acids is 2. The van der Waals surface area contributed by atoms with Crippen LogP contribution in [-0.2, 0) is 16.0 Å². The second-order valence-electron chi connectivity index (χ2n) is 7.45. The molecule has 0 saturated carbocycles. The minimum Gasteiger partial charge on any atom is -0.495 e. The molecule has 0 aromatic heterocycles. The van der Waals surface area contributed by atoms with Crippen LogP contribution in [0, 0.1) is 5.92 Å². The third-order valence-corrected chi connectivity index (χ3v) is 5.52. The first-order valence-corrected chi connectivity index (χ1v) is 10.4. The predicted molar refractivity (Wildman–Crippen MR) is 120 cm³/mol. The van der Waals surface area contributed by atoms with Crippen LogP contribution >= 0.6 is 11.6 Å². The summed E-state index contributed by atoms with van der Waals surface area (Å²) in [7, 11) is 1.53. The van der Waals surface area contributed by atoms with Crippen molar-refractivity contribution in [3.8, 4) is 11.5 Å². The Kier molecular flexibility index (Phi) is 6.23. The fourth-order valence-corrected chi connectivity index (χ4v) is 3.85. The quantitative estimate of drug-likeness (QED) is 0.408. The first kappa shape index (κ1) is 20.9. The van der Waals surface area contributed by atoms with Gasteiger partial charge in [-0.15, -0.1) is 0 Å². The second kappa shape index (κ2) is 9.23. The number of methoxy groups -OCH3 is 1. The first-order valence-electron chi connectivity index (χ1n) is 10.0. The van der Waals surface area contributed by atoms with Crippen molar-refractivity contribution < 1.29 is 19.1 Å². The lowest BCUT2D eigenvalue weighted by Gasteiger charge is -2.19. The third-order valence-electron chi connectivity index (χ3n) is 5.28. The van der Waals surface area contributed by atoms with E-state index in [4.69, 9.17) is 21.1 Å². The van der Waals surface area contributed by atoms with Gasteiger partial charge in [0.15, 0.2) is 0 Å². The summed E-state index contributed by atoms with van der Waals surface area (Å²) in [6, 6.07) is 22.7. The molecule has 1 fully saturated rings. The molecular weight excluding hydrogens is 414 g/mol. The van der Waals surface area contributed by atoms with Gasteiger partial charge < -0.3 is 14.4 Å². The van der Waals surface area contributed by atoms with Crippen LogP contribution in [0.5, 0.6) is 11.5 Å². The number of rotatable bonds is 6. The van der Waals surface area contributed by atoms with Crippen molar-refractivity contribution in [2.24, 2.45) is 5.92 Å². The Labute approximate surface area is 186 Å². The number of hydrogen-bond donors (Lipinski definition) is 0. The predicted octanol–water partition coefficient (Wildman–Crippen LogP) is 4.90. The van der Waals surface area contributed by atoms with E-state index in [2.05, 4.69) is 12.1 Å². The maximum Gasteiger partial charge on any atom is 0.316 e. The highest BCUT2D eigenvalue weighted by molar-refractivity contribution is 6.31. The number of hydrogen-bond acceptors (Lipinski definition) is 4. The highest BCUT2D eigenvalue weighted by atomic mass is 35.5. The van der Waals surface area contributed by atoms with Crippen LogP contribution in [0.3, 0.4) is 0 Å². The van der Waals surface area contributed by atoms with Crippen molar-refractivity contribution in [1.82, 2.24) is 0 Å². The van der Waals surface area contributed by atoms with Crippen LogP contribution in [0.1, 0.15) is 17.5 Å². The van der Waals surface area contributed by atoms with Crippen molar-refractivity contribution in [3.05, 3.63) is 88.9 Å². The average Bonchev–Trinajstić information content (AvgIpc) is 3.17. The molecule has 31 heavy (non-hydrogen) atoms. The van der Waals surface area contributed by atoms with E-state index in [0.717, 1.165) is 12.0 Å². The van der Waals surface area contributed by atoms with Crippen molar-refractivity contribution in [2.75, 3.05) is 18.6 Å². The lowest BCUT2D eigenvalue weighted by Crippen LogP contribution is -2.27. The molecule has 1 heterocycles. The topological polar surface area (TPSA) is 55.8 Å². The number of anilines is 1. The maximum absolute atomic E-state index is 12.7. The zero-order valence-corrected chi connectivity index (χ0v) is 17.8. The van der Waals surface area contributed by atoms with Gasteiger partial charge in [0.25, 0.3) is 0 Å². The van der Waals surface area contributed by atoms with E-state index in [1.54, 1.807) is 30.3 Å². The van der Waals surface area contributed by atoms with Crippen LogP contribution in [-0.4, -0.2) is 25.5 Å². The largest absolute Gasteiger partial charge is 0.495 e. The van der Waals surface area contributed by atoms with Crippen LogP contribution in [0.15, 0.2) is 72.8 Å². The molecule has 1 saturated heterocycles. The lowest BCUT2D eigenvalue weighted by molar-refractivity contribution is -0.139. The van der Waals surface area contributed by atoms with E-state index >= 15 is 0 Å². The molecule has 1 atom stereocenters. The third kappa shape index (κ3) is 4.89. The molecule has 6 heteroatoms. The molecule has 0 unspecified atom stereocenters. The van der Waals surface area contributed by atoms with E-state index in [1.165, 1.54) is 17.6 Å². The summed E-state index contributed by atoms with van der Waals surface area (Å²) in [5.74, 6) is -0.151. The molecule has 1 amide bonds. The second-order valence-corrected chi connectivity index (χ2v) is 7.89. The standard InChI is InChI=1S/C25H22ClNO4/c1-30-23-12-9-20(26)15-22(23)27-16-19(14-24(27)28)25(29)31-21-10-7-18(8-11-21)13-17-5-3-2-4-6-17/h2-12,15,19H,13-14,16H2,1H3/t19-/m1/s1. The average molecular weight is 436 g/mol. The van der Waals surface area contributed by atoms with Gasteiger partial charge in [-0.3, -0.25) is 9.59 Å². The molecule has 0 spiro atoms. The SMILES string of the molecule is COc1ccc(Cl)cc1N1C[C@H](C(=O)Oc2ccc(Cc3ccccc3)cc2)CC1=O. The Morgan fingerprint density at radius 3 is 2.45 bits per heavy atom. The Balaban J connectivity index is 1.40. The molecule has 3 aromatic rings. The molecule has 3 aromatic carbocycles. The molecule has 0 radical (unpaired) electrons. The number of benzene rings is 3. The summed E-state index contributed by atoms with van der Waals surface area (Å²) in [6.07, 6.45) is 0.892. The van der Waals surface area contributed by atoms with Crippen LogP contribution in [0.25, 0.3) is 0 Å². The fourth-order valence-electron chi connectivity index (χ4n) is 3.68. The Morgan fingerprint density at radius 1 is 1.03 bits per heavy atom. The van der Waals surface area contributed by atoms with Gasteiger partial charge in [-0.25, -0.2) is 0 Å². The number of carbonyl (C=O) groups is 2. The van der Waals surface area contributed by atoms with E-state index in [-0.39, 0.29) is 18.9 Å². The van der Waals surface area contributed by atoms with E-state index in [1.807, 2.05) is 30.3 Å². The Morgan fingerprint density at radius 2 is 1.74 bits per heavy atom. The van der Waals surface area contributed by atoms with Crippen molar-refractivity contribution in [2.45, 2.75) is 12.8 Å². The highest BCUT2D eigenvalue weighted by Crippen LogP contribution is 2.35. The fraction of sp³-hybridized carbons (Fsp3) is 0.200. The van der Waals surface area contributed by atoms with Crippen LogP contribution < -0.4 is 14.4 Å². The van der Waals surface area contributed by atoms with Gasteiger partial charge in [-0.1, -0.05) is 54.1 Å². The first-order chi connectivity index (χ1) is 15.0. The van der Waals surface area contributed by atoms with E-state index in [9.17, 15) is 9.59 Å². The number of amides is 1. The van der Waals surface area contributed by atoms with Gasteiger partial charge in [0.2, 0.25) is 5.91 Å². The zero-order chi connectivity index (χ0) is 21.8. The van der Waals surface area contributed by atoms with Crippen LogP contribution in [0.2, 0.25) is 5.02 Å². The summed E-state index contributed by atoms with van der Waals surface area (Å²) >= 11 is 6.08. The van der Waals surface area contributed by atoms with Crippen LogP contribution in [0.4, 0.5) is 5.69 Å². The van der Waals surface area contributed by atoms with Gasteiger partial charge in [-0.05, 0) is 47.9 Å². The summed E-state index contributed by atoms with van der Waals surface area (Å²) < 4.78 is 10.9. The molecule has 1 aliphatic heterocycles. The molecule has 0 N–H and O–H groups in total. The van der Waals surface area contributed by atoms with Gasteiger partial charge in [0.05, 0.1) is 18.7 Å². The molecule has 158 valence electrons. The number of nitrogens with zero attached hydrogens (tertiary/aromatic N) is 1. The molecule has 5 nitrogen and oxygen atoms in total. The number of ether oxygens (including phenoxy) is 2. The minimum absolute atomic E-state index is 0.0839. The van der Waals surface area contributed by atoms with Crippen molar-refractivity contribution in [1.29, 1.82) is 0 Å². The number of halogens is 1. The Bertz CT molecular complexity index is 1080. The molecule has 1 aliphatic rings. The van der Waals surface area contributed by atoms with E-state index < -0.39 is 11.9 Å². The molecule has 0 bridgehead atoms. The van der Waals surface area contributed by atoms with E-state index in [0.29, 0.717) is 22.2 Å². The summed E-state index contributed by atoms with van der Waals surface area (Å²) in [4.78, 5) is 26.8. The van der Waals surface area contributed by atoms with Gasteiger partial charge in [0.1, 0.15) is 11.5 Å². The monoisotopic (exact) mass is 435 g/mol. The summed E-state index contributed by atoms with van der Waals surface area (Å²) in [5.41, 5.74) is 2.90. The Hall–Kier alpha value is -3.31. The molecular formula is C25H22ClNO4. The van der Waals surface area contributed by atoms with Gasteiger partial charge in [0, 0.05) is 18.0 Å². The smallest absolute Gasteiger partial charge is 0.316 e.